The summed E-state index contributed by atoms with van der Waals surface area (Å²) in [7, 11) is 0. The van der Waals surface area contributed by atoms with Crippen molar-refractivity contribution in [1.82, 2.24) is 10.6 Å². The zero-order chi connectivity index (χ0) is 69.0. The van der Waals surface area contributed by atoms with Crippen LogP contribution in [0.1, 0.15) is 111 Å². The number of rotatable bonds is 24. The van der Waals surface area contributed by atoms with Gasteiger partial charge in [-0.05, 0) is 79.1 Å². The number of carboxylic acids is 3. The van der Waals surface area contributed by atoms with E-state index in [1.807, 2.05) is 54.5 Å². The minimum absolute atomic E-state index is 0.0305. The van der Waals surface area contributed by atoms with E-state index in [1.165, 1.54) is 29.7 Å². The van der Waals surface area contributed by atoms with Crippen molar-refractivity contribution in [3.63, 3.8) is 0 Å². The van der Waals surface area contributed by atoms with Crippen molar-refractivity contribution in [2.75, 3.05) is 32.9 Å². The van der Waals surface area contributed by atoms with Gasteiger partial charge in [-0.2, -0.15) is 26.3 Å². The van der Waals surface area contributed by atoms with Crippen LogP contribution in [0, 0.1) is 47.3 Å². The number of nitrogens with one attached hydrogen (secondary N) is 2. The average Bonchev–Trinajstić information content (AvgIpc) is 3.42. The van der Waals surface area contributed by atoms with Gasteiger partial charge in [-0.3, -0.25) is 38.4 Å². The fourth-order valence-electron chi connectivity index (χ4n) is 4.34. The van der Waals surface area contributed by atoms with Gasteiger partial charge < -0.3 is 66.6 Å². The molecular weight excluding hydrogens is 1140 g/mol. The summed E-state index contributed by atoms with van der Waals surface area (Å²) in [6.45, 7) is 41.3. The molecule has 0 fully saturated rings. The van der Waals surface area contributed by atoms with Crippen LogP contribution in [0.3, 0.4) is 0 Å². The zero-order valence-corrected chi connectivity index (χ0v) is 51.8. The molecule has 2 amide bonds. The molecule has 0 aromatic rings. The van der Waals surface area contributed by atoms with Crippen LogP contribution in [-0.4, -0.2) is 154 Å². The number of aliphatic carboxylic acids is 3. The minimum atomic E-state index is -5.09. The Hall–Kier alpha value is -6.91. The van der Waals surface area contributed by atoms with Crippen molar-refractivity contribution in [2.45, 2.75) is 153 Å². The maximum atomic E-state index is 11.8. The number of carbonyl (C=O) groups excluding carboxylic acids is 6. The van der Waals surface area contributed by atoms with Gasteiger partial charge in [0.15, 0.2) is 0 Å². The molecule has 0 rings (SSSR count). The molecule has 0 aromatic heterocycles. The number of carboxylic acid groups (broad SMARTS) is 3. The number of esters is 4. The highest BCUT2D eigenvalue weighted by Gasteiger charge is 2.42. The van der Waals surface area contributed by atoms with Crippen LogP contribution in [0.2, 0.25) is 0 Å². The normalized spacial score (nSPS) is 14.8. The lowest BCUT2D eigenvalue weighted by atomic mass is 9.91. The SMILES string of the molecule is C/C=C\COC(=O)CN.C/C=C\COC(=O)CNC(=O)C(F)(F)F.C=CC(C)C(NC(=O)C(F)(F)F)C(=O)O.C=CC(C)[C@H](N)C(=O)O.C=C[C@H](C)[C@H](C)C(=O)O.C=C[C@H](C)[C@H](C)C(=O)OC(C)(C)C.C[C@H]([C@H](C)C(=O)OC(C)(C)C)[C@@H](O)CO. The van der Waals surface area contributed by atoms with E-state index in [0.29, 0.717) is 6.61 Å². The first-order valence-electron chi connectivity index (χ1n) is 26.2. The molecule has 11 N–H and O–H groups in total. The van der Waals surface area contributed by atoms with Crippen LogP contribution in [0.4, 0.5) is 26.3 Å². The number of carbonyl (C=O) groups is 9. The number of allylic oxidation sites excluding steroid dienone is 4. The largest absolute Gasteiger partial charge is 0.481 e. The van der Waals surface area contributed by atoms with Crippen LogP contribution in [-0.2, 0) is 62.1 Å². The molecule has 3 unspecified atom stereocenters. The first-order chi connectivity index (χ1) is 38.5. The molecule has 0 spiro atoms. The number of aliphatic hydroxyl groups excluding tert-OH is 2. The summed E-state index contributed by atoms with van der Waals surface area (Å²) in [5.74, 6) is -11.4. The molecule has 0 bridgehead atoms. The Bertz CT molecular complexity index is 2060. The van der Waals surface area contributed by atoms with Gasteiger partial charge in [0.1, 0.15) is 43.0 Å². The Balaban J connectivity index is -0.000000169. The molecule has 11 atom stereocenters. The second-order valence-electron chi connectivity index (χ2n) is 20.3. The topological polar surface area (TPSA) is 368 Å². The summed E-state index contributed by atoms with van der Waals surface area (Å²) in [4.78, 5) is 95.7. The average molecular weight is 1240 g/mol. The summed E-state index contributed by atoms with van der Waals surface area (Å²) in [5, 5.41) is 46.2. The second-order valence-corrected chi connectivity index (χ2v) is 20.3. The van der Waals surface area contributed by atoms with E-state index in [0.717, 1.165) is 6.08 Å². The maximum absolute atomic E-state index is 11.8. The van der Waals surface area contributed by atoms with Gasteiger partial charge in [-0.25, -0.2) is 4.79 Å². The molecular formula is C57H96F6N4O18. The van der Waals surface area contributed by atoms with Crippen LogP contribution in [0.15, 0.2) is 74.9 Å². The highest BCUT2D eigenvalue weighted by molar-refractivity contribution is 5.87. The molecule has 0 saturated heterocycles. The smallest absolute Gasteiger partial charge is 0.471 e. The van der Waals surface area contributed by atoms with Crippen molar-refractivity contribution < 1.29 is 114 Å². The zero-order valence-electron chi connectivity index (χ0n) is 51.8. The maximum Gasteiger partial charge on any atom is 0.471 e. The van der Waals surface area contributed by atoms with Gasteiger partial charge in [0.05, 0.1) is 37.0 Å². The van der Waals surface area contributed by atoms with E-state index < -0.39 is 95.8 Å². The van der Waals surface area contributed by atoms with Crippen LogP contribution in [0.5, 0.6) is 0 Å². The third-order valence-corrected chi connectivity index (χ3v) is 10.8. The third-order valence-electron chi connectivity index (χ3n) is 10.8. The number of alkyl halides is 6. The van der Waals surface area contributed by atoms with Crippen molar-refractivity contribution in [1.29, 1.82) is 0 Å². The number of nitrogens with two attached hydrogens (primary N) is 2. The number of hydrogen-bond acceptors (Lipinski definition) is 17. The van der Waals surface area contributed by atoms with E-state index in [9.17, 15) is 74.6 Å². The molecule has 0 heterocycles. The van der Waals surface area contributed by atoms with E-state index in [-0.39, 0.29) is 73.2 Å². The van der Waals surface area contributed by atoms with Gasteiger partial charge in [0, 0.05) is 5.92 Å². The molecule has 0 saturated carbocycles. The summed E-state index contributed by atoms with van der Waals surface area (Å²) < 4.78 is 89.8. The molecule has 0 aromatic carbocycles. The molecule has 22 nitrogen and oxygen atoms in total. The number of hydrogen-bond donors (Lipinski definition) is 9. The van der Waals surface area contributed by atoms with Gasteiger partial charge in [-0.1, -0.05) is 104 Å². The third kappa shape index (κ3) is 53.6. The highest BCUT2D eigenvalue weighted by Crippen LogP contribution is 2.21. The molecule has 85 heavy (non-hydrogen) atoms. The van der Waals surface area contributed by atoms with Crippen molar-refractivity contribution in [2.24, 2.45) is 58.8 Å². The summed E-state index contributed by atoms with van der Waals surface area (Å²) in [5.41, 5.74) is 9.24. The lowest BCUT2D eigenvalue weighted by Gasteiger charge is -2.26. The Morgan fingerprint density at radius 2 is 0.918 bits per heavy atom. The molecule has 0 aliphatic carbocycles. The van der Waals surface area contributed by atoms with Gasteiger partial charge in [0.2, 0.25) is 0 Å². The van der Waals surface area contributed by atoms with Crippen molar-refractivity contribution in [3.8, 4) is 0 Å². The molecule has 494 valence electrons. The summed E-state index contributed by atoms with van der Waals surface area (Å²) in [6.07, 6.45) is 1.81. The van der Waals surface area contributed by atoms with Crippen LogP contribution in [0.25, 0.3) is 0 Å². The van der Waals surface area contributed by atoms with Gasteiger partial charge >= 0.3 is 66.0 Å². The lowest BCUT2D eigenvalue weighted by molar-refractivity contribution is -0.175. The van der Waals surface area contributed by atoms with Crippen molar-refractivity contribution in [3.05, 3.63) is 74.9 Å². The second kappa shape index (κ2) is 48.3. The number of amides is 2. The van der Waals surface area contributed by atoms with Crippen molar-refractivity contribution >= 4 is 53.6 Å². The molecule has 28 heteroatoms. The Morgan fingerprint density at radius 1 is 0.553 bits per heavy atom. The fraction of sp³-hybridized carbons (Fsp3) is 0.632. The molecule has 0 radical (unpaired) electrons. The molecule has 0 aliphatic rings. The standard InChI is InChI=1S/C11H22O4.C11H20O2.2C8H10F3NO3.C7H12O2.2C6H11NO2/c1-7(9(13)6-12)8(2)10(14)15-11(3,4)5;1-7-8(2)9(3)10(12)13-11(4,5)6;1-3-4(2)5(6(13)14)12-7(15)8(9,10)11;1-2-3-4-15-6(13)5-12-7(14)8(9,10)11;1-4-5(2)6(3)7(8)9;1-3-4(2)5(7)6(8)9;1-2-3-4-9-6(8)5-7/h7-9,12-13H,6H2,1-5H3;7-9H,1H2,2-6H3;3-5H,1H2,2H3,(H,12,15)(H,13,14);2-3H,4-5H2,1H3,(H,12,14);4-6H,1H2,2-3H3,(H,8,9);3-5H,1,7H2,2H3,(H,8,9);2-3H,4-5,7H2,1H3/b;;;3-2-;;;3-2-/t7-,8+,9+;8-,9-;;;5-,6-;4?,5-;/m10..00./s1. The van der Waals surface area contributed by atoms with E-state index in [4.69, 9.17) is 41.4 Å². The van der Waals surface area contributed by atoms with Crippen LogP contribution < -0.4 is 22.1 Å². The van der Waals surface area contributed by atoms with Crippen LogP contribution >= 0.6 is 0 Å². The number of halogens is 6. The van der Waals surface area contributed by atoms with E-state index in [2.05, 4.69) is 35.8 Å². The Kier molecular flexibility index (Phi) is 52.2. The lowest BCUT2D eigenvalue weighted by Crippen LogP contribution is -2.49. The van der Waals surface area contributed by atoms with Gasteiger partial charge in [0.25, 0.3) is 0 Å². The summed E-state index contributed by atoms with van der Waals surface area (Å²) >= 11 is 0. The highest BCUT2D eigenvalue weighted by atomic mass is 19.4. The first-order valence-corrected chi connectivity index (χ1v) is 26.2. The number of ether oxygens (including phenoxy) is 4. The quantitative estimate of drug-likeness (QED) is 0.0198. The monoisotopic (exact) mass is 1240 g/mol. The predicted octanol–water partition coefficient (Wildman–Crippen LogP) is 7.28. The Labute approximate surface area is 496 Å². The van der Waals surface area contributed by atoms with E-state index in [1.54, 1.807) is 79.7 Å². The van der Waals surface area contributed by atoms with Gasteiger partial charge in [-0.15, -0.1) is 26.3 Å². The summed E-state index contributed by atoms with van der Waals surface area (Å²) in [6, 6.07) is -2.45. The number of aliphatic hydroxyl groups is 2. The Morgan fingerprint density at radius 3 is 1.19 bits per heavy atom. The fourth-order valence-corrected chi connectivity index (χ4v) is 4.34. The molecule has 0 aliphatic heterocycles. The predicted molar refractivity (Wildman–Crippen MR) is 307 cm³/mol. The minimum Gasteiger partial charge on any atom is -0.481 e. The first kappa shape index (κ1) is 91.8. The van der Waals surface area contributed by atoms with E-state index >= 15 is 0 Å².